The number of carbonyl (C=O) groups is 1. The fourth-order valence-corrected chi connectivity index (χ4v) is 2.28. The summed E-state index contributed by atoms with van der Waals surface area (Å²) in [5.41, 5.74) is 2.44. The smallest absolute Gasteiger partial charge is 0.179 e. The van der Waals surface area contributed by atoms with E-state index in [0.717, 1.165) is 22.2 Å². The van der Waals surface area contributed by atoms with Crippen LogP contribution in [0.2, 0.25) is 5.02 Å². The van der Waals surface area contributed by atoms with Crippen molar-refractivity contribution < 1.29 is 4.79 Å². The van der Waals surface area contributed by atoms with Gasteiger partial charge in [0.15, 0.2) is 5.78 Å². The lowest BCUT2D eigenvalue weighted by Gasteiger charge is -2.07. The molecule has 2 aromatic rings. The lowest BCUT2D eigenvalue weighted by Crippen LogP contribution is -2.29. The maximum Gasteiger partial charge on any atom is 0.179 e. The normalized spacial score (nSPS) is 11.4. The van der Waals surface area contributed by atoms with Gasteiger partial charge < -0.3 is 10.3 Å². The molecule has 0 aliphatic heterocycles. The Balaban J connectivity index is 2.41. The fourth-order valence-electron chi connectivity index (χ4n) is 2.06. The lowest BCUT2D eigenvalue weighted by atomic mass is 10.1. The van der Waals surface area contributed by atoms with Gasteiger partial charge in [0.25, 0.3) is 0 Å². The monoisotopic (exact) mass is 264 g/mol. The predicted molar refractivity (Wildman–Crippen MR) is 75.5 cm³/mol. The Morgan fingerprint density at radius 3 is 2.83 bits per heavy atom. The second-order valence-electron chi connectivity index (χ2n) is 4.75. The quantitative estimate of drug-likeness (QED) is 0.832. The molecular weight excluding hydrogens is 248 g/mol. The zero-order valence-electron chi connectivity index (χ0n) is 10.8. The van der Waals surface area contributed by atoms with E-state index in [9.17, 15) is 4.79 Å². The Morgan fingerprint density at radius 1 is 1.44 bits per heavy atom. The van der Waals surface area contributed by atoms with Gasteiger partial charge >= 0.3 is 0 Å². The number of Topliss-reactive ketones (excluding diaryl/α,β-unsaturated/α-hetero) is 1. The molecule has 3 nitrogen and oxygen atoms in total. The average Bonchev–Trinajstić information content (AvgIpc) is 2.64. The second-order valence-corrected chi connectivity index (χ2v) is 5.15. The van der Waals surface area contributed by atoms with Gasteiger partial charge in [0.05, 0.1) is 17.1 Å². The third kappa shape index (κ3) is 2.42. The third-order valence-corrected chi connectivity index (χ3v) is 3.24. The van der Waals surface area contributed by atoms with Gasteiger partial charge in [0, 0.05) is 22.7 Å². The summed E-state index contributed by atoms with van der Waals surface area (Å²) in [6, 6.07) is 5.90. The van der Waals surface area contributed by atoms with Gasteiger partial charge in [-0.15, -0.1) is 0 Å². The predicted octanol–water partition coefficient (Wildman–Crippen LogP) is 3.31. The van der Waals surface area contributed by atoms with E-state index in [2.05, 4.69) is 10.3 Å². The SMILES string of the molecule is Cc1[nH]c2c(Cl)cccc2c1C(=O)CNC(C)C. The minimum absolute atomic E-state index is 0.0923. The van der Waals surface area contributed by atoms with Crippen molar-refractivity contribution in [3.8, 4) is 0 Å². The lowest BCUT2D eigenvalue weighted by molar-refractivity contribution is 0.0989. The highest BCUT2D eigenvalue weighted by Gasteiger charge is 2.16. The summed E-state index contributed by atoms with van der Waals surface area (Å²) in [5, 5.41) is 4.69. The standard InChI is InChI=1S/C14H17ClN2O/c1-8(2)16-7-12(18)13-9(3)17-14-10(13)5-4-6-11(14)15/h4-6,8,16-17H,7H2,1-3H3. The van der Waals surface area contributed by atoms with E-state index in [0.29, 0.717) is 17.6 Å². The molecule has 0 saturated carbocycles. The number of hydrogen-bond acceptors (Lipinski definition) is 2. The van der Waals surface area contributed by atoms with Crippen LogP contribution in [0.15, 0.2) is 18.2 Å². The number of halogens is 1. The number of ketones is 1. The molecule has 0 unspecified atom stereocenters. The van der Waals surface area contributed by atoms with Gasteiger partial charge in [-0.1, -0.05) is 37.6 Å². The second kappa shape index (κ2) is 5.12. The number of hydrogen-bond donors (Lipinski definition) is 2. The maximum absolute atomic E-state index is 12.2. The minimum Gasteiger partial charge on any atom is -0.357 e. The van der Waals surface area contributed by atoms with Crippen molar-refractivity contribution in [2.45, 2.75) is 26.8 Å². The number of aryl methyl sites for hydroxylation is 1. The molecule has 0 radical (unpaired) electrons. The number of benzene rings is 1. The first kappa shape index (κ1) is 13.1. The first-order valence-corrected chi connectivity index (χ1v) is 6.42. The van der Waals surface area contributed by atoms with Crippen molar-refractivity contribution >= 4 is 28.3 Å². The Morgan fingerprint density at radius 2 is 2.17 bits per heavy atom. The highest BCUT2D eigenvalue weighted by molar-refractivity contribution is 6.35. The van der Waals surface area contributed by atoms with Gasteiger partial charge in [-0.3, -0.25) is 4.79 Å². The molecule has 2 rings (SSSR count). The Kier molecular flexibility index (Phi) is 3.73. The van der Waals surface area contributed by atoms with Gasteiger partial charge in [-0.05, 0) is 13.0 Å². The van der Waals surface area contributed by atoms with Crippen LogP contribution in [0.5, 0.6) is 0 Å². The summed E-state index contributed by atoms with van der Waals surface area (Å²) in [4.78, 5) is 15.4. The van der Waals surface area contributed by atoms with Gasteiger partial charge in [0.1, 0.15) is 0 Å². The molecule has 0 spiro atoms. The van der Waals surface area contributed by atoms with Crippen molar-refractivity contribution in [1.29, 1.82) is 0 Å². The molecule has 0 aliphatic rings. The van der Waals surface area contributed by atoms with Gasteiger partial charge in [-0.2, -0.15) is 0 Å². The summed E-state index contributed by atoms with van der Waals surface area (Å²) in [7, 11) is 0. The van der Waals surface area contributed by atoms with Crippen molar-refractivity contribution in [3.05, 3.63) is 34.5 Å². The summed E-state index contributed by atoms with van der Waals surface area (Å²) < 4.78 is 0. The van der Waals surface area contributed by atoms with Crippen LogP contribution >= 0.6 is 11.6 Å². The average molecular weight is 265 g/mol. The number of rotatable bonds is 4. The molecule has 4 heteroatoms. The van der Waals surface area contributed by atoms with Crippen molar-refractivity contribution in [1.82, 2.24) is 10.3 Å². The largest absolute Gasteiger partial charge is 0.357 e. The number of para-hydroxylation sites is 1. The van der Waals surface area contributed by atoms with E-state index in [1.165, 1.54) is 0 Å². The molecule has 0 bridgehead atoms. The minimum atomic E-state index is 0.0923. The molecule has 96 valence electrons. The van der Waals surface area contributed by atoms with Crippen LogP contribution in [0.1, 0.15) is 29.9 Å². The molecule has 0 aliphatic carbocycles. The van der Waals surface area contributed by atoms with E-state index in [1.807, 2.05) is 39.0 Å². The fraction of sp³-hybridized carbons (Fsp3) is 0.357. The van der Waals surface area contributed by atoms with Crippen LogP contribution < -0.4 is 5.32 Å². The zero-order valence-corrected chi connectivity index (χ0v) is 11.6. The number of fused-ring (bicyclic) bond motifs is 1. The number of aromatic nitrogens is 1. The highest BCUT2D eigenvalue weighted by atomic mass is 35.5. The molecule has 1 aromatic heterocycles. The zero-order chi connectivity index (χ0) is 13.3. The van der Waals surface area contributed by atoms with Crippen molar-refractivity contribution in [2.24, 2.45) is 0 Å². The van der Waals surface area contributed by atoms with Crippen LogP contribution in [-0.4, -0.2) is 23.4 Å². The Bertz CT molecular complexity index is 587. The van der Waals surface area contributed by atoms with Crippen LogP contribution in [-0.2, 0) is 0 Å². The third-order valence-electron chi connectivity index (χ3n) is 2.92. The van der Waals surface area contributed by atoms with Crippen LogP contribution in [0, 0.1) is 6.92 Å². The molecule has 0 saturated heterocycles. The van der Waals surface area contributed by atoms with Crippen LogP contribution in [0.4, 0.5) is 0 Å². The van der Waals surface area contributed by atoms with E-state index in [-0.39, 0.29) is 5.78 Å². The molecule has 2 N–H and O–H groups in total. The van der Waals surface area contributed by atoms with E-state index in [4.69, 9.17) is 11.6 Å². The number of H-pyrrole nitrogens is 1. The summed E-state index contributed by atoms with van der Waals surface area (Å²) >= 11 is 6.12. The Labute approximate surface area is 112 Å². The van der Waals surface area contributed by atoms with E-state index in [1.54, 1.807) is 0 Å². The summed E-state index contributed by atoms with van der Waals surface area (Å²) in [5.74, 6) is 0.0923. The van der Waals surface area contributed by atoms with E-state index < -0.39 is 0 Å². The molecular formula is C14H17ClN2O. The highest BCUT2D eigenvalue weighted by Crippen LogP contribution is 2.27. The maximum atomic E-state index is 12.2. The topological polar surface area (TPSA) is 44.9 Å². The van der Waals surface area contributed by atoms with E-state index >= 15 is 0 Å². The Hall–Kier alpha value is -1.32. The van der Waals surface area contributed by atoms with Gasteiger partial charge in [-0.25, -0.2) is 0 Å². The molecule has 0 amide bonds. The molecule has 1 aromatic carbocycles. The number of nitrogens with one attached hydrogen (secondary N) is 2. The van der Waals surface area contributed by atoms with Crippen LogP contribution in [0.3, 0.4) is 0 Å². The first-order valence-electron chi connectivity index (χ1n) is 6.04. The molecule has 18 heavy (non-hydrogen) atoms. The molecule has 0 atom stereocenters. The van der Waals surface area contributed by atoms with Crippen LogP contribution in [0.25, 0.3) is 10.9 Å². The molecule has 0 fully saturated rings. The number of aromatic amines is 1. The summed E-state index contributed by atoms with van der Waals surface area (Å²) in [6.07, 6.45) is 0. The number of carbonyl (C=O) groups excluding carboxylic acids is 1. The molecule has 1 heterocycles. The first-order chi connectivity index (χ1) is 8.50. The summed E-state index contributed by atoms with van der Waals surface area (Å²) in [6.45, 7) is 6.29. The van der Waals surface area contributed by atoms with Crippen molar-refractivity contribution in [3.63, 3.8) is 0 Å². The van der Waals surface area contributed by atoms with Crippen molar-refractivity contribution in [2.75, 3.05) is 6.54 Å². The van der Waals surface area contributed by atoms with Gasteiger partial charge in [0.2, 0.25) is 0 Å².